The molecule has 34 heavy (non-hydrogen) atoms. The average molecular weight is 451 g/mol. The molecule has 0 saturated heterocycles. The summed E-state index contributed by atoms with van der Waals surface area (Å²) < 4.78 is 1.35. The Morgan fingerprint density at radius 3 is 2.56 bits per heavy atom. The van der Waals surface area contributed by atoms with Crippen molar-refractivity contribution < 1.29 is 9.90 Å². The summed E-state index contributed by atoms with van der Waals surface area (Å²) in [4.78, 5) is 34.0. The highest BCUT2D eigenvalue weighted by molar-refractivity contribution is 5.95. The van der Waals surface area contributed by atoms with Crippen LogP contribution in [0.15, 0.2) is 87.8 Å². The molecule has 3 aromatic carbocycles. The molecule has 0 fully saturated rings. The van der Waals surface area contributed by atoms with E-state index in [9.17, 15) is 14.7 Å². The summed E-state index contributed by atoms with van der Waals surface area (Å²) in [5.74, 6) is -0.456. The third kappa shape index (κ3) is 3.65. The first-order valence-electron chi connectivity index (χ1n) is 10.8. The number of aromatic amines is 1. The molecule has 2 aromatic heterocycles. The highest BCUT2D eigenvalue weighted by atomic mass is 16.3. The molecule has 0 saturated carbocycles. The summed E-state index contributed by atoms with van der Waals surface area (Å²) in [6.07, 6.45) is 0. The van der Waals surface area contributed by atoms with Gasteiger partial charge in [-0.15, -0.1) is 10.2 Å². The number of H-pyrrole nitrogens is 1. The second-order valence-corrected chi connectivity index (χ2v) is 8.08. The van der Waals surface area contributed by atoms with Crippen LogP contribution in [0, 0.1) is 6.92 Å². The number of aromatic hydroxyl groups is 1. The van der Waals surface area contributed by atoms with Crippen molar-refractivity contribution in [1.29, 1.82) is 0 Å². The zero-order valence-electron chi connectivity index (χ0n) is 18.6. The Balaban J connectivity index is 1.60. The lowest BCUT2D eigenvalue weighted by molar-refractivity contribution is -0.121. The van der Waals surface area contributed by atoms with Crippen LogP contribution in [0.5, 0.6) is 5.88 Å². The highest BCUT2D eigenvalue weighted by Gasteiger charge is 2.23. The van der Waals surface area contributed by atoms with E-state index in [-0.39, 0.29) is 17.1 Å². The number of azo groups is 1. The number of fused-ring (bicyclic) bond motifs is 2. The summed E-state index contributed by atoms with van der Waals surface area (Å²) in [6.45, 7) is 3.51. The molecule has 1 unspecified atom stereocenters. The highest BCUT2D eigenvalue weighted by Crippen LogP contribution is 2.36. The fourth-order valence-corrected chi connectivity index (χ4v) is 3.97. The van der Waals surface area contributed by atoms with E-state index in [0.29, 0.717) is 33.2 Å². The van der Waals surface area contributed by atoms with Crippen LogP contribution in [0.4, 0.5) is 5.69 Å². The number of rotatable bonds is 4. The summed E-state index contributed by atoms with van der Waals surface area (Å²) in [5, 5.41) is 19.2. The van der Waals surface area contributed by atoms with Crippen LogP contribution < -0.4 is 5.56 Å². The van der Waals surface area contributed by atoms with Gasteiger partial charge in [0, 0.05) is 10.9 Å². The number of carbonyl (C=O) groups is 1. The SMILES string of the molecule is Cc1ccc2[nH]c(O)c(N=NC(=O)C(C)n3c(-c4ccccc4)nc4ccccc4c3=O)c2c1. The zero-order chi connectivity index (χ0) is 23.8. The Hall–Kier alpha value is -4.59. The third-order valence-corrected chi connectivity index (χ3v) is 5.74. The van der Waals surface area contributed by atoms with Crippen LogP contribution in [0.25, 0.3) is 33.2 Å². The Morgan fingerprint density at radius 2 is 1.76 bits per heavy atom. The second kappa shape index (κ2) is 8.40. The molecule has 8 heteroatoms. The molecule has 0 aliphatic carbocycles. The van der Waals surface area contributed by atoms with Gasteiger partial charge in [-0.2, -0.15) is 0 Å². The molecule has 5 aromatic rings. The van der Waals surface area contributed by atoms with Crippen LogP contribution in [0.3, 0.4) is 0 Å². The number of aryl methyl sites for hydroxylation is 1. The van der Waals surface area contributed by atoms with Crippen molar-refractivity contribution in [3.05, 3.63) is 88.7 Å². The smallest absolute Gasteiger partial charge is 0.287 e. The first-order valence-corrected chi connectivity index (χ1v) is 10.8. The number of hydrogen-bond acceptors (Lipinski definition) is 5. The lowest BCUT2D eigenvalue weighted by atomic mass is 10.1. The van der Waals surface area contributed by atoms with E-state index in [1.807, 2.05) is 61.5 Å². The lowest BCUT2D eigenvalue weighted by Crippen LogP contribution is -2.30. The van der Waals surface area contributed by atoms with Crippen molar-refractivity contribution in [2.24, 2.45) is 10.2 Å². The molecule has 168 valence electrons. The number of aromatic nitrogens is 3. The van der Waals surface area contributed by atoms with Crippen LogP contribution in [-0.2, 0) is 4.79 Å². The summed E-state index contributed by atoms with van der Waals surface area (Å²) in [7, 11) is 0. The number of nitrogens with one attached hydrogen (secondary N) is 1. The molecular formula is C26H21N5O3. The third-order valence-electron chi connectivity index (χ3n) is 5.74. The lowest BCUT2D eigenvalue weighted by Gasteiger charge is -2.17. The Morgan fingerprint density at radius 1 is 1.03 bits per heavy atom. The van der Waals surface area contributed by atoms with Crippen molar-refractivity contribution in [3.63, 3.8) is 0 Å². The standard InChI is InChI=1S/C26H21N5O3/c1-15-12-13-21-19(14-15)22(25(33)28-21)29-30-24(32)16(2)31-23(17-8-4-3-5-9-17)27-20-11-7-6-10-18(20)26(31)34/h3-14,16,28,33H,1-2H3. The quantitative estimate of drug-likeness (QED) is 0.355. The molecule has 0 aliphatic heterocycles. The fourth-order valence-electron chi connectivity index (χ4n) is 3.97. The van der Waals surface area contributed by atoms with E-state index < -0.39 is 11.9 Å². The monoisotopic (exact) mass is 451 g/mol. The van der Waals surface area contributed by atoms with E-state index in [1.165, 1.54) is 4.57 Å². The molecule has 5 rings (SSSR count). The molecule has 0 spiro atoms. The van der Waals surface area contributed by atoms with Gasteiger partial charge < -0.3 is 10.1 Å². The first-order chi connectivity index (χ1) is 16.4. The van der Waals surface area contributed by atoms with E-state index in [1.54, 1.807) is 25.1 Å². The van der Waals surface area contributed by atoms with Gasteiger partial charge in [-0.3, -0.25) is 14.2 Å². The Bertz CT molecular complexity index is 1630. The number of benzene rings is 3. The van der Waals surface area contributed by atoms with Gasteiger partial charge >= 0.3 is 0 Å². The Kier molecular flexibility index (Phi) is 5.25. The van der Waals surface area contributed by atoms with Gasteiger partial charge in [-0.1, -0.05) is 54.1 Å². The van der Waals surface area contributed by atoms with Crippen molar-refractivity contribution in [1.82, 2.24) is 14.5 Å². The maximum atomic E-state index is 13.4. The minimum Gasteiger partial charge on any atom is -0.493 e. The van der Waals surface area contributed by atoms with Gasteiger partial charge in [-0.05, 0) is 38.1 Å². The van der Waals surface area contributed by atoms with Crippen LogP contribution in [0.2, 0.25) is 0 Å². The number of amides is 1. The van der Waals surface area contributed by atoms with Gasteiger partial charge in [0.15, 0.2) is 5.69 Å². The van der Waals surface area contributed by atoms with Gasteiger partial charge in [0.2, 0.25) is 5.88 Å². The normalized spacial score (nSPS) is 12.5. The summed E-state index contributed by atoms with van der Waals surface area (Å²) in [5.41, 5.74) is 2.73. The summed E-state index contributed by atoms with van der Waals surface area (Å²) in [6, 6.07) is 20.8. The summed E-state index contributed by atoms with van der Waals surface area (Å²) >= 11 is 0. The second-order valence-electron chi connectivity index (χ2n) is 8.08. The van der Waals surface area contributed by atoms with E-state index >= 15 is 0 Å². The molecular weight excluding hydrogens is 430 g/mol. The minimum atomic E-state index is -0.974. The van der Waals surface area contributed by atoms with Crippen molar-refractivity contribution >= 4 is 33.4 Å². The predicted octanol–water partition coefficient (Wildman–Crippen LogP) is 5.43. The van der Waals surface area contributed by atoms with Crippen molar-refractivity contribution in [2.75, 3.05) is 0 Å². The first kappa shape index (κ1) is 21.3. The zero-order valence-corrected chi connectivity index (χ0v) is 18.6. The number of para-hydroxylation sites is 1. The van der Waals surface area contributed by atoms with Crippen LogP contribution in [0.1, 0.15) is 18.5 Å². The maximum absolute atomic E-state index is 13.4. The Labute approximate surface area is 194 Å². The molecule has 1 atom stereocenters. The fraction of sp³-hybridized carbons (Fsp3) is 0.115. The molecule has 0 aliphatic rings. The molecule has 2 N–H and O–H groups in total. The molecule has 8 nitrogen and oxygen atoms in total. The van der Waals surface area contributed by atoms with Gasteiger partial charge in [-0.25, -0.2) is 4.98 Å². The van der Waals surface area contributed by atoms with Gasteiger partial charge in [0.25, 0.3) is 11.5 Å². The maximum Gasteiger partial charge on any atom is 0.287 e. The molecule has 2 heterocycles. The van der Waals surface area contributed by atoms with Gasteiger partial charge in [0.1, 0.15) is 11.9 Å². The van der Waals surface area contributed by atoms with E-state index in [2.05, 4.69) is 20.2 Å². The number of carbonyl (C=O) groups excluding carboxylic acids is 1. The minimum absolute atomic E-state index is 0.173. The molecule has 0 bridgehead atoms. The van der Waals surface area contributed by atoms with Crippen LogP contribution >= 0.6 is 0 Å². The average Bonchev–Trinajstić information content (AvgIpc) is 3.16. The van der Waals surface area contributed by atoms with Crippen molar-refractivity contribution in [2.45, 2.75) is 19.9 Å². The number of hydrogen-bond donors (Lipinski definition) is 2. The van der Waals surface area contributed by atoms with E-state index in [0.717, 1.165) is 5.56 Å². The molecule has 1 amide bonds. The number of nitrogens with zero attached hydrogens (tertiary/aromatic N) is 4. The van der Waals surface area contributed by atoms with E-state index in [4.69, 9.17) is 0 Å². The largest absolute Gasteiger partial charge is 0.493 e. The van der Waals surface area contributed by atoms with Crippen molar-refractivity contribution in [3.8, 4) is 17.3 Å². The topological polar surface area (TPSA) is 113 Å². The molecule has 0 radical (unpaired) electrons. The van der Waals surface area contributed by atoms with Gasteiger partial charge in [0.05, 0.1) is 16.4 Å². The predicted molar refractivity (Wildman–Crippen MR) is 130 cm³/mol. The van der Waals surface area contributed by atoms with Crippen LogP contribution in [-0.4, -0.2) is 25.5 Å².